The van der Waals surface area contributed by atoms with Crippen LogP contribution in [-0.2, 0) is 13.6 Å². The number of nitrogens with zero attached hydrogens (tertiary/aromatic N) is 4. The van der Waals surface area contributed by atoms with E-state index in [1.54, 1.807) is 41.2 Å². The van der Waals surface area contributed by atoms with Crippen LogP contribution >= 0.6 is 0 Å². The van der Waals surface area contributed by atoms with Crippen molar-refractivity contribution in [3.05, 3.63) is 71.9 Å². The van der Waals surface area contributed by atoms with Crippen molar-refractivity contribution in [2.75, 3.05) is 0 Å². The van der Waals surface area contributed by atoms with E-state index in [4.69, 9.17) is 0 Å². The van der Waals surface area contributed by atoms with E-state index in [2.05, 4.69) is 9.97 Å². The molecular weight excluding hydrogens is 350 g/mol. The van der Waals surface area contributed by atoms with Gasteiger partial charge in [0.05, 0.1) is 18.2 Å². The third-order valence-electron chi connectivity index (χ3n) is 4.20. The lowest BCUT2D eigenvalue weighted by molar-refractivity contribution is 0.0684. The Hall–Kier alpha value is -3.09. The smallest absolute Gasteiger partial charge is 0.274 e. The van der Waals surface area contributed by atoms with E-state index in [9.17, 15) is 13.6 Å². The normalized spacial score (nSPS) is 11.0. The highest BCUT2D eigenvalue weighted by Gasteiger charge is 2.21. The lowest BCUT2D eigenvalue weighted by atomic mass is 10.1. The molecule has 27 heavy (non-hydrogen) atoms. The summed E-state index contributed by atoms with van der Waals surface area (Å²) < 4.78 is 29.0. The maximum absolute atomic E-state index is 14.3. The van der Waals surface area contributed by atoms with Gasteiger partial charge in [-0.25, -0.2) is 13.8 Å². The molecule has 3 aromatic rings. The number of benzene rings is 1. The van der Waals surface area contributed by atoms with Gasteiger partial charge in [0.2, 0.25) is 0 Å². The number of carbonyl (C=O) groups excluding carboxylic acids is 1. The molecule has 5 nitrogen and oxygen atoms in total. The third kappa shape index (κ3) is 4.19. The molecule has 0 fully saturated rings. The Bertz CT molecular complexity index is 951. The first-order valence-corrected chi connectivity index (χ1v) is 8.54. The first-order chi connectivity index (χ1) is 12.8. The summed E-state index contributed by atoms with van der Waals surface area (Å²) in [5.74, 6) is -1.14. The Balaban J connectivity index is 1.89. The van der Waals surface area contributed by atoms with Crippen LogP contribution in [0.2, 0.25) is 0 Å². The lowest BCUT2D eigenvalue weighted by Crippen LogP contribution is -2.36. The van der Waals surface area contributed by atoms with Crippen molar-refractivity contribution in [1.82, 2.24) is 19.4 Å². The Kier molecular flexibility index (Phi) is 5.30. The summed E-state index contributed by atoms with van der Waals surface area (Å²) in [6, 6.07) is 7.19. The molecule has 0 spiro atoms. The van der Waals surface area contributed by atoms with Gasteiger partial charge < -0.3 is 9.47 Å². The van der Waals surface area contributed by atoms with E-state index >= 15 is 0 Å². The molecule has 0 N–H and O–H groups in total. The van der Waals surface area contributed by atoms with Crippen LogP contribution in [0.1, 0.15) is 29.9 Å². The zero-order chi connectivity index (χ0) is 19.6. The number of pyridine rings is 1. The van der Waals surface area contributed by atoms with Crippen LogP contribution in [0.3, 0.4) is 0 Å². The van der Waals surface area contributed by atoms with Gasteiger partial charge in [-0.2, -0.15) is 0 Å². The number of halogens is 2. The summed E-state index contributed by atoms with van der Waals surface area (Å²) in [6.07, 6.45) is 4.28. The number of hydrogen-bond donors (Lipinski definition) is 0. The fraction of sp³-hybridized carbons (Fsp3) is 0.250. The number of aromatic nitrogens is 3. The zero-order valence-electron chi connectivity index (χ0n) is 15.4. The first kappa shape index (κ1) is 18.7. The monoisotopic (exact) mass is 370 g/mol. The predicted molar refractivity (Wildman–Crippen MR) is 97.8 cm³/mol. The molecule has 3 rings (SSSR count). The summed E-state index contributed by atoms with van der Waals surface area (Å²) >= 11 is 0. The number of imidazole rings is 1. The van der Waals surface area contributed by atoms with Gasteiger partial charge in [0, 0.05) is 31.4 Å². The zero-order valence-corrected chi connectivity index (χ0v) is 15.4. The lowest BCUT2D eigenvalue weighted by Gasteiger charge is -2.26. The topological polar surface area (TPSA) is 51.0 Å². The Morgan fingerprint density at radius 2 is 1.96 bits per heavy atom. The van der Waals surface area contributed by atoms with Crippen LogP contribution in [0.15, 0.2) is 49.1 Å². The molecule has 2 aromatic heterocycles. The average Bonchev–Trinajstić information content (AvgIpc) is 3.07. The molecule has 0 atom stereocenters. The molecule has 0 radical (unpaired) electrons. The molecule has 7 heteroatoms. The van der Waals surface area contributed by atoms with Gasteiger partial charge in [0.1, 0.15) is 17.3 Å². The Morgan fingerprint density at radius 1 is 1.19 bits per heavy atom. The largest absolute Gasteiger partial charge is 0.340 e. The van der Waals surface area contributed by atoms with Gasteiger partial charge in [0.15, 0.2) is 0 Å². The van der Waals surface area contributed by atoms with E-state index < -0.39 is 11.6 Å². The van der Waals surface area contributed by atoms with Crippen molar-refractivity contribution in [3.8, 4) is 11.3 Å². The molecule has 0 bridgehead atoms. The van der Waals surface area contributed by atoms with E-state index in [0.717, 1.165) is 11.8 Å². The van der Waals surface area contributed by atoms with Crippen molar-refractivity contribution in [2.24, 2.45) is 7.05 Å². The van der Waals surface area contributed by atoms with Crippen LogP contribution in [0.5, 0.6) is 0 Å². The van der Waals surface area contributed by atoms with Crippen LogP contribution in [0, 0.1) is 11.6 Å². The summed E-state index contributed by atoms with van der Waals surface area (Å²) in [6.45, 7) is 4.11. The summed E-state index contributed by atoms with van der Waals surface area (Å²) in [5, 5.41) is 0. The van der Waals surface area contributed by atoms with Gasteiger partial charge in [-0.15, -0.1) is 0 Å². The third-order valence-corrected chi connectivity index (χ3v) is 4.20. The molecule has 0 unspecified atom stereocenters. The molecule has 0 saturated heterocycles. The van der Waals surface area contributed by atoms with Gasteiger partial charge in [-0.3, -0.25) is 9.78 Å². The number of hydrogen-bond acceptors (Lipinski definition) is 3. The SMILES string of the molecule is CC(C)N(Cc1ccc(F)c(-c2ccc(F)cn2)c1)C(=O)c1cn(C)cn1. The molecule has 2 heterocycles. The average molecular weight is 370 g/mol. The molecule has 1 aromatic carbocycles. The van der Waals surface area contributed by atoms with Crippen molar-refractivity contribution in [2.45, 2.75) is 26.4 Å². The van der Waals surface area contributed by atoms with E-state index in [1.165, 1.54) is 18.2 Å². The minimum absolute atomic E-state index is 0.0723. The maximum atomic E-state index is 14.3. The molecule has 140 valence electrons. The molecule has 0 aliphatic carbocycles. The standard InChI is InChI=1S/C20H20F2N4O/c1-13(2)26(20(27)19-11-25(3)12-24-19)10-14-4-6-17(22)16(8-14)18-7-5-15(21)9-23-18/h4-9,11-13H,10H2,1-3H3. The molecule has 0 aliphatic rings. The minimum Gasteiger partial charge on any atom is -0.340 e. The van der Waals surface area contributed by atoms with Crippen LogP contribution in [-0.4, -0.2) is 31.4 Å². The highest BCUT2D eigenvalue weighted by molar-refractivity contribution is 5.92. The quantitative estimate of drug-likeness (QED) is 0.686. The first-order valence-electron chi connectivity index (χ1n) is 8.54. The van der Waals surface area contributed by atoms with Gasteiger partial charge >= 0.3 is 0 Å². The summed E-state index contributed by atoms with van der Waals surface area (Å²) in [5.41, 5.74) is 1.70. The van der Waals surface area contributed by atoms with Gasteiger partial charge in [0.25, 0.3) is 5.91 Å². The van der Waals surface area contributed by atoms with Crippen LogP contribution in [0.4, 0.5) is 8.78 Å². The predicted octanol–water partition coefficient (Wildman–Crippen LogP) is 3.81. The van der Waals surface area contributed by atoms with Crippen molar-refractivity contribution < 1.29 is 13.6 Å². The molecule has 0 aliphatic heterocycles. The van der Waals surface area contributed by atoms with Crippen LogP contribution < -0.4 is 0 Å². The summed E-state index contributed by atoms with van der Waals surface area (Å²) in [7, 11) is 1.80. The molecule has 1 amide bonds. The second-order valence-electron chi connectivity index (χ2n) is 6.63. The molecule has 0 saturated carbocycles. The highest BCUT2D eigenvalue weighted by atomic mass is 19.1. The van der Waals surface area contributed by atoms with Crippen molar-refractivity contribution in [1.29, 1.82) is 0 Å². The summed E-state index contributed by atoms with van der Waals surface area (Å²) in [4.78, 5) is 22.5. The van der Waals surface area contributed by atoms with Crippen LogP contribution in [0.25, 0.3) is 11.3 Å². The number of amides is 1. The molecular formula is C20H20F2N4O. The maximum Gasteiger partial charge on any atom is 0.274 e. The Morgan fingerprint density at radius 3 is 2.56 bits per heavy atom. The van der Waals surface area contributed by atoms with Gasteiger partial charge in [-0.05, 0) is 43.7 Å². The number of rotatable bonds is 5. The van der Waals surface area contributed by atoms with E-state index in [-0.39, 0.29) is 17.5 Å². The van der Waals surface area contributed by atoms with E-state index in [0.29, 0.717) is 17.9 Å². The number of carbonyl (C=O) groups is 1. The van der Waals surface area contributed by atoms with Gasteiger partial charge in [-0.1, -0.05) is 6.07 Å². The Labute approximate surface area is 156 Å². The van der Waals surface area contributed by atoms with E-state index in [1.807, 2.05) is 13.8 Å². The highest BCUT2D eigenvalue weighted by Crippen LogP contribution is 2.24. The fourth-order valence-electron chi connectivity index (χ4n) is 2.76. The second kappa shape index (κ2) is 7.65. The minimum atomic E-state index is -0.484. The van der Waals surface area contributed by atoms with Crippen molar-refractivity contribution >= 4 is 5.91 Å². The second-order valence-corrected chi connectivity index (χ2v) is 6.63. The van der Waals surface area contributed by atoms with Crippen molar-refractivity contribution in [3.63, 3.8) is 0 Å². The fourth-order valence-corrected chi connectivity index (χ4v) is 2.76. The number of aryl methyl sites for hydroxylation is 1.